The van der Waals surface area contributed by atoms with Crippen LogP contribution in [0.4, 0.5) is 5.69 Å². The molecule has 0 saturated carbocycles. The number of hydrogen-bond acceptors (Lipinski definition) is 3. The number of hydrogen-bond donors (Lipinski definition) is 1. The molecule has 2 aromatic carbocycles. The minimum absolute atomic E-state index is 0.146. The average Bonchev–Trinajstić information content (AvgIpc) is 2.63. The molecular formula is C20H25N3O. The molecule has 0 spiro atoms. The Hall–Kier alpha value is -2.33. The topological polar surface area (TPSA) is 49.6 Å². The van der Waals surface area contributed by atoms with Gasteiger partial charge >= 0.3 is 0 Å². The Morgan fingerprint density at radius 1 is 1.04 bits per heavy atom. The molecule has 3 rings (SSSR count). The van der Waals surface area contributed by atoms with Crippen LogP contribution < -0.4 is 10.6 Å². The van der Waals surface area contributed by atoms with Gasteiger partial charge in [-0.15, -0.1) is 0 Å². The maximum Gasteiger partial charge on any atom is 0.231 e. The van der Waals surface area contributed by atoms with E-state index in [0.717, 1.165) is 31.7 Å². The number of rotatable bonds is 4. The predicted octanol–water partition coefficient (Wildman–Crippen LogP) is 2.39. The second-order valence-corrected chi connectivity index (χ2v) is 6.35. The fourth-order valence-electron chi connectivity index (χ4n) is 3.29. The van der Waals surface area contributed by atoms with Gasteiger partial charge in [0.15, 0.2) is 0 Å². The zero-order chi connectivity index (χ0) is 16.9. The number of carbonyl (C=O) groups is 1. The van der Waals surface area contributed by atoms with Gasteiger partial charge in [0, 0.05) is 38.4 Å². The Morgan fingerprint density at radius 2 is 1.75 bits per heavy atom. The summed E-state index contributed by atoms with van der Waals surface area (Å²) >= 11 is 0. The smallest absolute Gasteiger partial charge is 0.231 e. The predicted molar refractivity (Wildman–Crippen MR) is 98.2 cm³/mol. The standard InChI is InChI=1S/C20H25N3O/c1-16-6-5-9-18(14-16)22-10-12-23(13-11-22)20(24)19(15-21)17-7-3-2-4-8-17/h2-9,14,19H,10-13,15,21H2,1H3. The Labute approximate surface area is 143 Å². The van der Waals surface area contributed by atoms with E-state index in [0.29, 0.717) is 6.54 Å². The van der Waals surface area contributed by atoms with Crippen molar-refractivity contribution in [1.82, 2.24) is 4.90 Å². The Morgan fingerprint density at radius 3 is 2.38 bits per heavy atom. The van der Waals surface area contributed by atoms with Crippen LogP contribution in [-0.4, -0.2) is 43.5 Å². The van der Waals surface area contributed by atoms with E-state index < -0.39 is 0 Å². The first kappa shape index (κ1) is 16.5. The molecule has 126 valence electrons. The highest BCUT2D eigenvalue weighted by molar-refractivity contribution is 5.84. The number of anilines is 1. The summed E-state index contributed by atoms with van der Waals surface area (Å²) in [6, 6.07) is 18.4. The van der Waals surface area contributed by atoms with E-state index in [1.54, 1.807) is 0 Å². The summed E-state index contributed by atoms with van der Waals surface area (Å²) in [6.07, 6.45) is 0. The number of benzene rings is 2. The second-order valence-electron chi connectivity index (χ2n) is 6.35. The van der Waals surface area contributed by atoms with Crippen LogP contribution in [0.2, 0.25) is 0 Å². The molecule has 0 radical (unpaired) electrons. The fraction of sp³-hybridized carbons (Fsp3) is 0.350. The second kappa shape index (κ2) is 7.49. The lowest BCUT2D eigenvalue weighted by Crippen LogP contribution is -2.50. The summed E-state index contributed by atoms with van der Waals surface area (Å²) in [5.41, 5.74) is 9.39. The number of nitrogens with two attached hydrogens (primary N) is 1. The average molecular weight is 323 g/mol. The highest BCUT2D eigenvalue weighted by Gasteiger charge is 2.27. The third kappa shape index (κ3) is 3.60. The largest absolute Gasteiger partial charge is 0.368 e. The first-order valence-electron chi connectivity index (χ1n) is 8.54. The number of piperazine rings is 1. The van der Waals surface area contributed by atoms with Crippen molar-refractivity contribution in [1.29, 1.82) is 0 Å². The number of nitrogens with zero attached hydrogens (tertiary/aromatic N) is 2. The number of aryl methyl sites for hydroxylation is 1. The van der Waals surface area contributed by atoms with Gasteiger partial charge in [-0.05, 0) is 30.2 Å². The number of amides is 1. The van der Waals surface area contributed by atoms with Crippen LogP contribution in [0.3, 0.4) is 0 Å². The summed E-state index contributed by atoms with van der Waals surface area (Å²) in [4.78, 5) is 17.2. The molecule has 1 amide bonds. The molecule has 0 aromatic heterocycles. The molecule has 1 atom stereocenters. The normalized spacial score (nSPS) is 16.1. The van der Waals surface area contributed by atoms with Crippen LogP contribution in [0.15, 0.2) is 54.6 Å². The molecule has 4 nitrogen and oxygen atoms in total. The molecule has 4 heteroatoms. The zero-order valence-electron chi connectivity index (χ0n) is 14.2. The van der Waals surface area contributed by atoms with Gasteiger partial charge in [-0.2, -0.15) is 0 Å². The molecule has 2 N–H and O–H groups in total. The minimum atomic E-state index is -0.239. The molecule has 0 bridgehead atoms. The lowest BCUT2D eigenvalue weighted by molar-refractivity contribution is -0.132. The van der Waals surface area contributed by atoms with Crippen molar-refractivity contribution in [3.63, 3.8) is 0 Å². The van der Waals surface area contributed by atoms with Crippen molar-refractivity contribution in [2.45, 2.75) is 12.8 Å². The molecular weight excluding hydrogens is 298 g/mol. The SMILES string of the molecule is Cc1cccc(N2CCN(C(=O)C(CN)c3ccccc3)CC2)c1. The molecule has 1 aliphatic heterocycles. The van der Waals surface area contributed by atoms with Crippen LogP contribution in [0.25, 0.3) is 0 Å². The van der Waals surface area contributed by atoms with E-state index in [1.807, 2.05) is 35.2 Å². The zero-order valence-corrected chi connectivity index (χ0v) is 14.2. The van der Waals surface area contributed by atoms with Gasteiger partial charge in [0.05, 0.1) is 5.92 Å². The van der Waals surface area contributed by atoms with Gasteiger partial charge in [-0.3, -0.25) is 4.79 Å². The third-order valence-corrected chi connectivity index (χ3v) is 4.69. The fourth-order valence-corrected chi connectivity index (χ4v) is 3.29. The van der Waals surface area contributed by atoms with Crippen LogP contribution >= 0.6 is 0 Å². The van der Waals surface area contributed by atoms with E-state index >= 15 is 0 Å². The Kier molecular flexibility index (Phi) is 5.16. The quantitative estimate of drug-likeness (QED) is 0.940. The minimum Gasteiger partial charge on any atom is -0.368 e. The highest BCUT2D eigenvalue weighted by Crippen LogP contribution is 2.21. The van der Waals surface area contributed by atoms with Crippen LogP contribution in [0.5, 0.6) is 0 Å². The summed E-state index contributed by atoms with van der Waals surface area (Å²) in [5.74, 6) is -0.0932. The van der Waals surface area contributed by atoms with Crippen LogP contribution in [0.1, 0.15) is 17.0 Å². The molecule has 1 fully saturated rings. The van der Waals surface area contributed by atoms with Gasteiger partial charge < -0.3 is 15.5 Å². The summed E-state index contributed by atoms with van der Waals surface area (Å²) in [6.45, 7) is 5.67. The van der Waals surface area contributed by atoms with Crippen molar-refractivity contribution >= 4 is 11.6 Å². The molecule has 1 heterocycles. The maximum absolute atomic E-state index is 12.9. The third-order valence-electron chi connectivity index (χ3n) is 4.69. The van der Waals surface area contributed by atoms with Crippen LogP contribution in [-0.2, 0) is 4.79 Å². The Balaban J connectivity index is 1.64. The van der Waals surface area contributed by atoms with E-state index in [2.05, 4.69) is 36.1 Å². The monoisotopic (exact) mass is 323 g/mol. The van der Waals surface area contributed by atoms with Gasteiger partial charge in [0.25, 0.3) is 0 Å². The van der Waals surface area contributed by atoms with Crippen molar-refractivity contribution < 1.29 is 4.79 Å². The van der Waals surface area contributed by atoms with Gasteiger partial charge in [-0.1, -0.05) is 42.5 Å². The van der Waals surface area contributed by atoms with Gasteiger partial charge in [-0.25, -0.2) is 0 Å². The summed E-state index contributed by atoms with van der Waals surface area (Å²) in [5, 5.41) is 0. The summed E-state index contributed by atoms with van der Waals surface area (Å²) in [7, 11) is 0. The highest BCUT2D eigenvalue weighted by atomic mass is 16.2. The van der Waals surface area contributed by atoms with E-state index in [-0.39, 0.29) is 11.8 Å². The molecule has 1 aliphatic rings. The molecule has 2 aromatic rings. The van der Waals surface area contributed by atoms with Crippen molar-refractivity contribution in [2.75, 3.05) is 37.6 Å². The molecule has 0 aliphatic carbocycles. The lowest BCUT2D eigenvalue weighted by atomic mass is 9.97. The first-order valence-corrected chi connectivity index (χ1v) is 8.54. The van der Waals surface area contributed by atoms with Gasteiger partial charge in [0.2, 0.25) is 5.91 Å². The van der Waals surface area contributed by atoms with E-state index in [1.165, 1.54) is 11.3 Å². The number of carbonyl (C=O) groups excluding carboxylic acids is 1. The van der Waals surface area contributed by atoms with Crippen LogP contribution in [0, 0.1) is 6.92 Å². The first-order chi connectivity index (χ1) is 11.7. The van der Waals surface area contributed by atoms with Gasteiger partial charge in [0.1, 0.15) is 0 Å². The lowest BCUT2D eigenvalue weighted by Gasteiger charge is -2.37. The maximum atomic E-state index is 12.9. The Bertz CT molecular complexity index is 678. The van der Waals surface area contributed by atoms with E-state index in [4.69, 9.17) is 5.73 Å². The van der Waals surface area contributed by atoms with E-state index in [9.17, 15) is 4.79 Å². The molecule has 1 saturated heterocycles. The van der Waals surface area contributed by atoms with Crippen molar-refractivity contribution in [3.05, 3.63) is 65.7 Å². The molecule has 24 heavy (non-hydrogen) atoms. The van der Waals surface area contributed by atoms with Crippen molar-refractivity contribution in [3.8, 4) is 0 Å². The van der Waals surface area contributed by atoms with Crippen molar-refractivity contribution in [2.24, 2.45) is 5.73 Å². The summed E-state index contributed by atoms with van der Waals surface area (Å²) < 4.78 is 0. The molecule has 1 unspecified atom stereocenters.